The maximum atomic E-state index is 10.9. The van der Waals surface area contributed by atoms with Gasteiger partial charge >= 0.3 is 0 Å². The lowest BCUT2D eigenvalue weighted by Gasteiger charge is -2.07. The van der Waals surface area contributed by atoms with Crippen molar-refractivity contribution in [3.63, 3.8) is 0 Å². The minimum Gasteiger partial charge on any atom is -0.369 e. The number of hydrogen-bond acceptors (Lipinski definition) is 2. The first-order valence-electron chi connectivity index (χ1n) is 3.37. The Bertz CT molecular complexity index is 178. The van der Waals surface area contributed by atoms with Crippen molar-refractivity contribution in [3.8, 4) is 12.3 Å². The highest BCUT2D eigenvalue weighted by molar-refractivity contribution is 5.98. The van der Waals surface area contributed by atoms with E-state index in [2.05, 4.69) is 5.92 Å². The number of carbonyl (C=O) groups is 1. The first-order chi connectivity index (χ1) is 4.75. The zero-order chi connectivity index (χ0) is 7.56. The second kappa shape index (κ2) is 2.85. The van der Waals surface area contributed by atoms with Crippen molar-refractivity contribution >= 4 is 5.78 Å². The van der Waals surface area contributed by atoms with E-state index in [1.807, 2.05) is 6.92 Å². The third-order valence-electron chi connectivity index (χ3n) is 1.79. The normalized spacial score (nSPS) is 31.6. The summed E-state index contributed by atoms with van der Waals surface area (Å²) in [6, 6.07) is 0. The monoisotopic (exact) mass is 138 g/mol. The summed E-state index contributed by atoms with van der Waals surface area (Å²) in [5.74, 6) is 2.15. The van der Waals surface area contributed by atoms with Crippen molar-refractivity contribution in [1.82, 2.24) is 0 Å². The van der Waals surface area contributed by atoms with Crippen LogP contribution in [0.15, 0.2) is 0 Å². The van der Waals surface area contributed by atoms with Gasteiger partial charge in [-0.1, -0.05) is 6.92 Å². The topological polar surface area (TPSA) is 26.3 Å². The number of terminal acetylenes is 1. The molecule has 2 atom stereocenters. The van der Waals surface area contributed by atoms with Gasteiger partial charge in [-0.2, -0.15) is 0 Å². The van der Waals surface area contributed by atoms with Gasteiger partial charge < -0.3 is 4.74 Å². The van der Waals surface area contributed by atoms with Crippen molar-refractivity contribution in [3.05, 3.63) is 0 Å². The number of ether oxygens (including phenoxy) is 1. The van der Waals surface area contributed by atoms with Gasteiger partial charge in [-0.15, -0.1) is 6.42 Å². The lowest BCUT2D eigenvalue weighted by Crippen LogP contribution is -2.23. The Labute approximate surface area is 60.6 Å². The van der Waals surface area contributed by atoms with E-state index in [-0.39, 0.29) is 11.9 Å². The Kier molecular flexibility index (Phi) is 2.08. The molecule has 0 saturated carbocycles. The first kappa shape index (κ1) is 7.30. The molecule has 0 aromatic carbocycles. The molecule has 0 radical (unpaired) electrons. The Morgan fingerprint density at radius 2 is 2.50 bits per heavy atom. The summed E-state index contributed by atoms with van der Waals surface area (Å²) in [4.78, 5) is 10.9. The van der Waals surface area contributed by atoms with Crippen LogP contribution >= 0.6 is 0 Å². The average Bonchev–Trinajstić information content (AvgIpc) is 2.34. The fraction of sp³-hybridized carbons (Fsp3) is 0.625. The van der Waals surface area contributed by atoms with E-state index in [4.69, 9.17) is 11.2 Å². The van der Waals surface area contributed by atoms with E-state index in [0.29, 0.717) is 12.5 Å². The molecule has 0 aromatic rings. The van der Waals surface area contributed by atoms with Crippen LogP contribution in [-0.2, 0) is 9.53 Å². The molecule has 0 aromatic heterocycles. The van der Waals surface area contributed by atoms with Crippen molar-refractivity contribution in [1.29, 1.82) is 0 Å². The van der Waals surface area contributed by atoms with Gasteiger partial charge in [-0.25, -0.2) is 0 Å². The molecule has 0 amide bonds. The van der Waals surface area contributed by atoms with Crippen molar-refractivity contribution in [2.24, 2.45) is 5.92 Å². The maximum absolute atomic E-state index is 10.9. The van der Waals surface area contributed by atoms with E-state index in [1.54, 1.807) is 0 Å². The van der Waals surface area contributed by atoms with Crippen LogP contribution in [0.3, 0.4) is 0 Å². The number of ketones is 1. The molecular weight excluding hydrogens is 128 g/mol. The molecule has 54 valence electrons. The maximum Gasteiger partial charge on any atom is 0.234 e. The zero-order valence-corrected chi connectivity index (χ0v) is 5.96. The van der Waals surface area contributed by atoms with Crippen LogP contribution in [0.1, 0.15) is 13.3 Å². The minimum absolute atomic E-state index is 0.218. The average molecular weight is 138 g/mol. The summed E-state index contributed by atoms with van der Waals surface area (Å²) in [6.07, 6.45) is 5.55. The van der Waals surface area contributed by atoms with Crippen LogP contribution in [0.4, 0.5) is 0 Å². The molecule has 1 aliphatic heterocycles. The number of Topliss-reactive ketones (excluding diaryl/α,β-unsaturated/α-hetero) is 1. The predicted molar refractivity (Wildman–Crippen MR) is 37.4 cm³/mol. The predicted octanol–water partition coefficient (Wildman–Crippen LogP) is 0.614. The van der Waals surface area contributed by atoms with E-state index in [1.165, 1.54) is 0 Å². The SMILES string of the molecule is C#CC(=O)C1OCCC1C. The van der Waals surface area contributed by atoms with Crippen LogP contribution in [0.2, 0.25) is 0 Å². The molecule has 1 aliphatic rings. The standard InChI is InChI=1S/C8H10O2/c1-3-7(9)8-6(2)4-5-10-8/h1,6,8H,4-5H2,2H3. The molecule has 0 spiro atoms. The summed E-state index contributed by atoms with van der Waals surface area (Å²) < 4.78 is 5.13. The zero-order valence-electron chi connectivity index (χ0n) is 5.96. The summed E-state index contributed by atoms with van der Waals surface area (Å²) >= 11 is 0. The summed E-state index contributed by atoms with van der Waals surface area (Å²) in [6.45, 7) is 2.64. The first-order valence-corrected chi connectivity index (χ1v) is 3.37. The van der Waals surface area contributed by atoms with Gasteiger partial charge in [0.05, 0.1) is 0 Å². The summed E-state index contributed by atoms with van der Waals surface area (Å²) in [7, 11) is 0. The molecule has 2 unspecified atom stereocenters. The van der Waals surface area contributed by atoms with Gasteiger partial charge in [0.25, 0.3) is 0 Å². The molecule has 0 bridgehead atoms. The molecular formula is C8H10O2. The van der Waals surface area contributed by atoms with Gasteiger partial charge in [0.15, 0.2) is 0 Å². The van der Waals surface area contributed by atoms with Crippen LogP contribution in [0, 0.1) is 18.3 Å². The lowest BCUT2D eigenvalue weighted by atomic mass is 10.0. The largest absolute Gasteiger partial charge is 0.369 e. The molecule has 1 heterocycles. The second-order valence-corrected chi connectivity index (χ2v) is 2.57. The van der Waals surface area contributed by atoms with Crippen LogP contribution < -0.4 is 0 Å². The molecule has 10 heavy (non-hydrogen) atoms. The summed E-state index contributed by atoms with van der Waals surface area (Å²) in [5.41, 5.74) is 0. The molecule has 0 aliphatic carbocycles. The Morgan fingerprint density at radius 1 is 1.80 bits per heavy atom. The number of carbonyl (C=O) groups excluding carboxylic acids is 1. The van der Waals surface area contributed by atoms with E-state index < -0.39 is 0 Å². The quantitative estimate of drug-likeness (QED) is 0.392. The smallest absolute Gasteiger partial charge is 0.234 e. The van der Waals surface area contributed by atoms with Gasteiger partial charge in [0.2, 0.25) is 5.78 Å². The number of hydrogen-bond donors (Lipinski definition) is 0. The number of rotatable bonds is 1. The molecule has 2 heteroatoms. The molecule has 1 saturated heterocycles. The van der Waals surface area contributed by atoms with Crippen LogP contribution in [-0.4, -0.2) is 18.5 Å². The van der Waals surface area contributed by atoms with Crippen LogP contribution in [0.5, 0.6) is 0 Å². The van der Waals surface area contributed by atoms with E-state index in [9.17, 15) is 4.79 Å². The third kappa shape index (κ3) is 1.19. The van der Waals surface area contributed by atoms with E-state index in [0.717, 1.165) is 6.42 Å². The van der Waals surface area contributed by atoms with Crippen molar-refractivity contribution < 1.29 is 9.53 Å². The van der Waals surface area contributed by atoms with Gasteiger partial charge in [0, 0.05) is 6.61 Å². The Balaban J connectivity index is 2.57. The molecule has 0 N–H and O–H groups in total. The Morgan fingerprint density at radius 3 is 2.90 bits per heavy atom. The highest BCUT2D eigenvalue weighted by atomic mass is 16.5. The van der Waals surface area contributed by atoms with Gasteiger partial charge in [-0.3, -0.25) is 4.79 Å². The molecule has 1 rings (SSSR count). The van der Waals surface area contributed by atoms with Crippen LogP contribution in [0.25, 0.3) is 0 Å². The second-order valence-electron chi connectivity index (χ2n) is 2.57. The molecule has 2 nitrogen and oxygen atoms in total. The molecule has 1 fully saturated rings. The van der Waals surface area contributed by atoms with E-state index >= 15 is 0 Å². The van der Waals surface area contributed by atoms with Crippen molar-refractivity contribution in [2.75, 3.05) is 6.61 Å². The highest BCUT2D eigenvalue weighted by Gasteiger charge is 2.29. The fourth-order valence-electron chi connectivity index (χ4n) is 1.11. The highest BCUT2D eigenvalue weighted by Crippen LogP contribution is 2.20. The lowest BCUT2D eigenvalue weighted by molar-refractivity contribution is -0.123. The van der Waals surface area contributed by atoms with Gasteiger partial charge in [0.1, 0.15) is 6.10 Å². The minimum atomic E-state index is -0.329. The van der Waals surface area contributed by atoms with Gasteiger partial charge in [-0.05, 0) is 18.3 Å². The van der Waals surface area contributed by atoms with Crippen molar-refractivity contribution in [2.45, 2.75) is 19.4 Å². The Hall–Kier alpha value is -0.810. The summed E-state index contributed by atoms with van der Waals surface area (Å²) in [5, 5.41) is 0. The third-order valence-corrected chi connectivity index (χ3v) is 1.79. The fourth-order valence-corrected chi connectivity index (χ4v) is 1.11.